The Balaban J connectivity index is 1.97. The van der Waals surface area contributed by atoms with Crippen molar-refractivity contribution in [1.82, 2.24) is 5.32 Å². The van der Waals surface area contributed by atoms with Gasteiger partial charge in [-0.05, 0) is 24.6 Å². The molecule has 0 aromatic heterocycles. The van der Waals surface area contributed by atoms with Crippen molar-refractivity contribution >= 4 is 11.6 Å². The molecule has 90 valence electrons. The van der Waals surface area contributed by atoms with Gasteiger partial charge in [0.05, 0.1) is 5.56 Å². The maximum Gasteiger partial charge on any atom is 0.255 e. The third-order valence-corrected chi connectivity index (χ3v) is 3.12. The van der Waals surface area contributed by atoms with Gasteiger partial charge in [-0.1, -0.05) is 42.0 Å². The van der Waals surface area contributed by atoms with Gasteiger partial charge < -0.3 is 10.6 Å². The zero-order valence-corrected chi connectivity index (χ0v) is 10.1. The van der Waals surface area contributed by atoms with Crippen LogP contribution in [0.4, 0.5) is 5.69 Å². The Kier molecular flexibility index (Phi) is 2.52. The Morgan fingerprint density at radius 3 is 2.67 bits per heavy atom. The highest BCUT2D eigenvalue weighted by Crippen LogP contribution is 2.26. The van der Waals surface area contributed by atoms with Crippen LogP contribution in [0.2, 0.25) is 0 Å². The molecule has 0 spiro atoms. The van der Waals surface area contributed by atoms with Crippen LogP contribution in [0.3, 0.4) is 0 Å². The van der Waals surface area contributed by atoms with Crippen LogP contribution in [-0.4, -0.2) is 5.91 Å². The molecule has 0 saturated heterocycles. The second-order valence-corrected chi connectivity index (χ2v) is 4.51. The van der Waals surface area contributed by atoms with E-state index in [1.54, 1.807) is 0 Å². The van der Waals surface area contributed by atoms with Crippen molar-refractivity contribution in [3.05, 3.63) is 65.2 Å². The molecule has 1 aliphatic heterocycles. The van der Waals surface area contributed by atoms with Gasteiger partial charge in [0.2, 0.25) is 0 Å². The second kappa shape index (κ2) is 4.18. The number of fused-ring (bicyclic) bond motifs is 1. The molecular weight excluding hydrogens is 224 g/mol. The van der Waals surface area contributed by atoms with Crippen LogP contribution >= 0.6 is 0 Å². The predicted octanol–water partition coefficient (Wildman–Crippen LogP) is 2.85. The maximum absolute atomic E-state index is 12.0. The van der Waals surface area contributed by atoms with Crippen molar-refractivity contribution < 1.29 is 4.79 Å². The Labute approximate surface area is 106 Å². The molecule has 0 fully saturated rings. The fraction of sp³-hybridized carbons (Fsp3) is 0.133. The van der Waals surface area contributed by atoms with Crippen molar-refractivity contribution in [3.63, 3.8) is 0 Å². The molecule has 18 heavy (non-hydrogen) atoms. The molecule has 0 unspecified atom stereocenters. The number of para-hydroxylation sites is 1. The minimum absolute atomic E-state index is 0.0316. The molecule has 2 aromatic carbocycles. The zero-order valence-electron chi connectivity index (χ0n) is 10.1. The van der Waals surface area contributed by atoms with Crippen LogP contribution in [0, 0.1) is 6.92 Å². The number of aryl methyl sites for hydroxylation is 1. The Bertz CT molecular complexity index is 607. The second-order valence-electron chi connectivity index (χ2n) is 4.51. The maximum atomic E-state index is 12.0. The van der Waals surface area contributed by atoms with Crippen LogP contribution in [0.5, 0.6) is 0 Å². The van der Waals surface area contributed by atoms with Gasteiger partial charge >= 0.3 is 0 Å². The summed E-state index contributed by atoms with van der Waals surface area (Å²) in [6, 6.07) is 15.7. The number of carbonyl (C=O) groups is 1. The first-order valence-electron chi connectivity index (χ1n) is 5.97. The van der Waals surface area contributed by atoms with Gasteiger partial charge in [-0.25, -0.2) is 0 Å². The summed E-state index contributed by atoms with van der Waals surface area (Å²) in [7, 11) is 0. The molecule has 2 N–H and O–H groups in total. The van der Waals surface area contributed by atoms with Gasteiger partial charge in [-0.3, -0.25) is 4.79 Å². The van der Waals surface area contributed by atoms with Crippen molar-refractivity contribution in [2.75, 3.05) is 5.32 Å². The van der Waals surface area contributed by atoms with Gasteiger partial charge in [-0.15, -0.1) is 0 Å². The monoisotopic (exact) mass is 238 g/mol. The number of anilines is 1. The van der Waals surface area contributed by atoms with Gasteiger partial charge in [0.15, 0.2) is 0 Å². The fourth-order valence-electron chi connectivity index (χ4n) is 2.22. The van der Waals surface area contributed by atoms with E-state index in [1.165, 1.54) is 5.56 Å². The van der Waals surface area contributed by atoms with Crippen LogP contribution in [-0.2, 0) is 0 Å². The van der Waals surface area contributed by atoms with E-state index in [4.69, 9.17) is 0 Å². The molecule has 3 rings (SSSR count). The molecule has 1 atom stereocenters. The van der Waals surface area contributed by atoms with Crippen molar-refractivity contribution in [2.24, 2.45) is 0 Å². The van der Waals surface area contributed by atoms with Crippen molar-refractivity contribution in [1.29, 1.82) is 0 Å². The van der Waals surface area contributed by atoms with Crippen LogP contribution in [0.1, 0.15) is 27.7 Å². The number of carbonyl (C=O) groups excluding carboxylic acids is 1. The van der Waals surface area contributed by atoms with Crippen molar-refractivity contribution in [2.45, 2.75) is 13.1 Å². The Hall–Kier alpha value is -2.29. The normalized spacial score (nSPS) is 17.6. The largest absolute Gasteiger partial charge is 0.361 e. The van der Waals surface area contributed by atoms with Crippen LogP contribution in [0.15, 0.2) is 48.5 Å². The molecular formula is C15H14N2O. The number of amides is 1. The van der Waals surface area contributed by atoms with Gasteiger partial charge in [-0.2, -0.15) is 0 Å². The van der Waals surface area contributed by atoms with Gasteiger partial charge in [0.25, 0.3) is 5.91 Å². The third kappa shape index (κ3) is 1.84. The molecule has 1 aliphatic rings. The molecule has 1 amide bonds. The molecule has 0 saturated carbocycles. The van der Waals surface area contributed by atoms with E-state index < -0.39 is 0 Å². The summed E-state index contributed by atoms with van der Waals surface area (Å²) < 4.78 is 0. The first kappa shape index (κ1) is 10.8. The molecule has 3 nitrogen and oxygen atoms in total. The van der Waals surface area contributed by atoms with E-state index >= 15 is 0 Å². The van der Waals surface area contributed by atoms with E-state index in [2.05, 4.69) is 16.7 Å². The van der Waals surface area contributed by atoms with E-state index in [-0.39, 0.29) is 12.1 Å². The average molecular weight is 238 g/mol. The summed E-state index contributed by atoms with van der Waals surface area (Å²) >= 11 is 0. The molecule has 0 radical (unpaired) electrons. The van der Waals surface area contributed by atoms with Crippen molar-refractivity contribution in [3.8, 4) is 0 Å². The summed E-state index contributed by atoms with van der Waals surface area (Å²) in [5.74, 6) is -0.0316. The lowest BCUT2D eigenvalue weighted by atomic mass is 10.0. The summed E-state index contributed by atoms with van der Waals surface area (Å²) in [6.45, 7) is 2.04. The summed E-state index contributed by atoms with van der Waals surface area (Å²) in [5.41, 5.74) is 3.83. The number of hydrogen-bond donors (Lipinski definition) is 2. The van der Waals surface area contributed by atoms with E-state index in [9.17, 15) is 4.79 Å². The zero-order chi connectivity index (χ0) is 12.5. The minimum atomic E-state index is -0.160. The van der Waals surface area contributed by atoms with E-state index in [0.29, 0.717) is 5.56 Å². The summed E-state index contributed by atoms with van der Waals surface area (Å²) in [4.78, 5) is 12.0. The first-order chi connectivity index (χ1) is 8.74. The predicted molar refractivity (Wildman–Crippen MR) is 71.5 cm³/mol. The van der Waals surface area contributed by atoms with E-state index in [0.717, 1.165) is 11.3 Å². The van der Waals surface area contributed by atoms with Gasteiger partial charge in [0.1, 0.15) is 6.17 Å². The number of rotatable bonds is 1. The fourth-order valence-corrected chi connectivity index (χ4v) is 2.22. The van der Waals surface area contributed by atoms with Gasteiger partial charge in [0, 0.05) is 5.69 Å². The first-order valence-corrected chi connectivity index (χ1v) is 5.97. The summed E-state index contributed by atoms with van der Waals surface area (Å²) in [5, 5.41) is 6.30. The minimum Gasteiger partial charge on any atom is -0.361 e. The Morgan fingerprint density at radius 2 is 1.83 bits per heavy atom. The number of benzene rings is 2. The smallest absolute Gasteiger partial charge is 0.255 e. The van der Waals surface area contributed by atoms with Crippen LogP contribution in [0.25, 0.3) is 0 Å². The molecule has 1 heterocycles. The summed E-state index contributed by atoms with van der Waals surface area (Å²) in [6.07, 6.45) is -0.160. The van der Waals surface area contributed by atoms with E-state index in [1.807, 2.05) is 49.4 Å². The quantitative estimate of drug-likeness (QED) is 0.802. The topological polar surface area (TPSA) is 41.1 Å². The highest BCUT2D eigenvalue weighted by molar-refractivity contribution is 6.01. The number of nitrogens with one attached hydrogen (secondary N) is 2. The highest BCUT2D eigenvalue weighted by atomic mass is 16.2. The molecule has 3 heteroatoms. The van der Waals surface area contributed by atoms with Crippen LogP contribution < -0.4 is 10.6 Å². The lowest BCUT2D eigenvalue weighted by Crippen LogP contribution is -2.38. The lowest BCUT2D eigenvalue weighted by Gasteiger charge is -2.28. The Morgan fingerprint density at radius 1 is 1.00 bits per heavy atom. The lowest BCUT2D eigenvalue weighted by molar-refractivity contribution is 0.0935. The molecule has 0 bridgehead atoms. The average Bonchev–Trinajstić information content (AvgIpc) is 2.39. The standard InChI is InChI=1S/C15H14N2O/c1-10-5-4-6-11(9-10)14-16-13-8-3-2-7-12(13)15(18)17-14/h2-9,14,16H,1H3,(H,17,18)/t14-/m0/s1. The third-order valence-electron chi connectivity index (χ3n) is 3.12. The molecule has 0 aliphatic carbocycles. The highest BCUT2D eigenvalue weighted by Gasteiger charge is 2.23. The molecule has 2 aromatic rings. The SMILES string of the molecule is Cc1cccc([C@@H]2NC(=O)c3ccccc3N2)c1. The number of hydrogen-bond acceptors (Lipinski definition) is 2.